The van der Waals surface area contributed by atoms with Crippen LogP contribution in [-0.4, -0.2) is 80.9 Å². The van der Waals surface area contributed by atoms with E-state index >= 15 is 0 Å². The van der Waals surface area contributed by atoms with Gasteiger partial charge in [-0.2, -0.15) is 0 Å². The summed E-state index contributed by atoms with van der Waals surface area (Å²) in [7, 11) is -3.63. The predicted octanol–water partition coefficient (Wildman–Crippen LogP) is 4.27. The molecular weight excluding hydrogens is 508 g/mol. The molecule has 0 radical (unpaired) electrons. The number of nitrogens with zero attached hydrogens (tertiary/aromatic N) is 2. The Morgan fingerprint density at radius 1 is 0.789 bits per heavy atom. The quantitative estimate of drug-likeness (QED) is 0.327. The predicted molar refractivity (Wildman–Crippen MR) is 150 cm³/mol. The number of nitrogens with two attached hydrogens (primary N) is 1. The number of ether oxygens (including phenoxy) is 2. The Morgan fingerprint density at radius 2 is 1.21 bits per heavy atom. The van der Waals surface area contributed by atoms with Crippen molar-refractivity contribution >= 4 is 22.2 Å². The van der Waals surface area contributed by atoms with Crippen LogP contribution in [0.15, 0.2) is 29.2 Å². The summed E-state index contributed by atoms with van der Waals surface area (Å²) in [5.41, 5.74) is 5.36. The van der Waals surface area contributed by atoms with Crippen LogP contribution in [0.25, 0.3) is 0 Å². The van der Waals surface area contributed by atoms with Gasteiger partial charge in [-0.3, -0.25) is 0 Å². The van der Waals surface area contributed by atoms with Crippen LogP contribution < -0.4 is 10.5 Å². The zero-order valence-electron chi connectivity index (χ0n) is 24.2. The maximum absolute atomic E-state index is 12.8. The second-order valence-corrected chi connectivity index (χ2v) is 13.1. The van der Waals surface area contributed by atoms with E-state index in [9.17, 15) is 18.0 Å². The summed E-state index contributed by atoms with van der Waals surface area (Å²) in [6, 6.07) is 6.63. The zero-order valence-corrected chi connectivity index (χ0v) is 25.0. The average Bonchev–Trinajstić information content (AvgIpc) is 2.77. The fourth-order valence-electron chi connectivity index (χ4n) is 3.41. The molecule has 1 aromatic rings. The van der Waals surface area contributed by atoms with E-state index in [1.54, 1.807) is 54.8 Å². The van der Waals surface area contributed by atoms with Crippen molar-refractivity contribution in [3.63, 3.8) is 0 Å². The lowest BCUT2D eigenvalue weighted by molar-refractivity contribution is 0.0209. The molecule has 0 aliphatic heterocycles. The molecule has 0 saturated carbocycles. The molecule has 2 amide bonds. The molecule has 0 bridgehead atoms. The number of carbonyl (C=O) groups excluding carboxylic acids is 2. The average molecular weight is 557 g/mol. The van der Waals surface area contributed by atoms with Gasteiger partial charge in [0.05, 0.1) is 4.90 Å². The number of carbonyl (C=O) groups is 2. The summed E-state index contributed by atoms with van der Waals surface area (Å²) in [6.07, 6.45) is 1.55. The first-order chi connectivity index (χ1) is 17.5. The molecule has 0 spiro atoms. The fraction of sp³-hybridized carbons (Fsp3) is 0.704. The fourth-order valence-corrected chi connectivity index (χ4v) is 4.48. The molecule has 1 rings (SSSR count). The standard InChI is InChI=1S/C27H48N4O6S/c1-22-12-14-23(15-13-22)38(34,35)29-17-11-21-31(25(33)37-27(5,6)7)19-9-8-18-30(20-10-16-28)24(32)36-26(2,3)4/h12-15,29H,8-11,16-21,28H2,1-7H3. The Morgan fingerprint density at radius 3 is 1.63 bits per heavy atom. The number of hydrogen-bond acceptors (Lipinski definition) is 7. The van der Waals surface area contributed by atoms with Gasteiger partial charge < -0.3 is 25.0 Å². The van der Waals surface area contributed by atoms with Crippen LogP contribution in [0.3, 0.4) is 0 Å². The molecule has 0 aliphatic carbocycles. The normalized spacial score (nSPS) is 12.2. The summed E-state index contributed by atoms with van der Waals surface area (Å²) < 4.78 is 38.7. The lowest BCUT2D eigenvalue weighted by Crippen LogP contribution is -2.40. The van der Waals surface area contributed by atoms with E-state index < -0.39 is 27.3 Å². The van der Waals surface area contributed by atoms with Crippen LogP contribution in [-0.2, 0) is 19.5 Å². The molecule has 0 unspecified atom stereocenters. The van der Waals surface area contributed by atoms with Gasteiger partial charge in [-0.15, -0.1) is 0 Å². The largest absolute Gasteiger partial charge is 0.444 e. The van der Waals surface area contributed by atoms with Crippen molar-refractivity contribution < 1.29 is 27.5 Å². The smallest absolute Gasteiger partial charge is 0.410 e. The minimum Gasteiger partial charge on any atom is -0.444 e. The maximum Gasteiger partial charge on any atom is 0.410 e. The molecular formula is C27H48N4O6S. The second kappa shape index (κ2) is 15.3. The topological polar surface area (TPSA) is 131 Å². The number of benzene rings is 1. The van der Waals surface area contributed by atoms with Crippen molar-refractivity contribution in [1.29, 1.82) is 0 Å². The summed E-state index contributed by atoms with van der Waals surface area (Å²) in [5, 5.41) is 0. The highest BCUT2D eigenvalue weighted by Gasteiger charge is 2.24. The maximum atomic E-state index is 12.8. The Bertz CT molecular complexity index is 969. The van der Waals surface area contributed by atoms with Crippen LogP contribution in [0.5, 0.6) is 0 Å². The Kier molecular flexibility index (Phi) is 13.5. The number of nitrogens with one attached hydrogen (secondary N) is 1. The van der Waals surface area contributed by atoms with E-state index in [1.165, 1.54) is 0 Å². The number of unbranched alkanes of at least 4 members (excludes halogenated alkanes) is 1. The van der Waals surface area contributed by atoms with Gasteiger partial charge in [0, 0.05) is 32.7 Å². The minimum absolute atomic E-state index is 0.182. The summed E-state index contributed by atoms with van der Waals surface area (Å²) in [6.45, 7) is 15.1. The van der Waals surface area contributed by atoms with Crippen LogP contribution in [0.4, 0.5) is 9.59 Å². The first-order valence-corrected chi connectivity index (χ1v) is 14.7. The van der Waals surface area contributed by atoms with E-state index in [2.05, 4.69) is 4.72 Å². The van der Waals surface area contributed by atoms with Gasteiger partial charge in [0.1, 0.15) is 11.2 Å². The first kappa shape index (κ1) is 33.7. The first-order valence-electron chi connectivity index (χ1n) is 13.3. The molecule has 38 heavy (non-hydrogen) atoms. The van der Waals surface area contributed by atoms with Crippen LogP contribution in [0, 0.1) is 6.92 Å². The highest BCUT2D eigenvalue weighted by molar-refractivity contribution is 7.89. The Labute approximate surface area is 229 Å². The third-order valence-electron chi connectivity index (χ3n) is 5.27. The summed E-state index contributed by atoms with van der Waals surface area (Å²) in [5.74, 6) is 0. The number of hydrogen-bond donors (Lipinski definition) is 2. The number of amides is 2. The van der Waals surface area contributed by atoms with E-state index in [0.717, 1.165) is 5.56 Å². The number of rotatable bonds is 14. The van der Waals surface area contributed by atoms with Crippen molar-refractivity contribution in [3.8, 4) is 0 Å². The Balaban J connectivity index is 2.68. The lowest BCUT2D eigenvalue weighted by Gasteiger charge is -2.29. The summed E-state index contributed by atoms with van der Waals surface area (Å²) in [4.78, 5) is 28.8. The van der Waals surface area contributed by atoms with Crippen molar-refractivity contribution in [2.45, 2.75) is 90.2 Å². The Hall–Kier alpha value is -2.37. The molecule has 0 saturated heterocycles. The number of sulfonamides is 1. The molecule has 10 nitrogen and oxygen atoms in total. The van der Waals surface area contributed by atoms with Gasteiger partial charge in [0.2, 0.25) is 10.0 Å². The van der Waals surface area contributed by atoms with Gasteiger partial charge >= 0.3 is 12.2 Å². The van der Waals surface area contributed by atoms with Crippen molar-refractivity contribution in [2.24, 2.45) is 5.73 Å². The van der Waals surface area contributed by atoms with E-state index in [4.69, 9.17) is 15.2 Å². The van der Waals surface area contributed by atoms with Gasteiger partial charge in [-0.1, -0.05) is 17.7 Å². The molecule has 0 aliphatic rings. The molecule has 218 valence electrons. The van der Waals surface area contributed by atoms with Gasteiger partial charge in [0.15, 0.2) is 0 Å². The molecule has 3 N–H and O–H groups in total. The van der Waals surface area contributed by atoms with Crippen LogP contribution in [0.1, 0.15) is 72.8 Å². The zero-order chi connectivity index (χ0) is 29.0. The molecule has 0 heterocycles. The van der Waals surface area contributed by atoms with Crippen LogP contribution in [0.2, 0.25) is 0 Å². The van der Waals surface area contributed by atoms with Crippen molar-refractivity contribution in [3.05, 3.63) is 29.8 Å². The van der Waals surface area contributed by atoms with E-state index in [-0.39, 0.29) is 17.5 Å². The van der Waals surface area contributed by atoms with Crippen molar-refractivity contribution in [2.75, 3.05) is 39.3 Å². The number of aryl methyl sites for hydroxylation is 1. The highest BCUT2D eigenvalue weighted by atomic mass is 32.2. The third kappa shape index (κ3) is 14.0. The minimum atomic E-state index is -3.63. The van der Waals surface area contributed by atoms with E-state index in [1.807, 2.05) is 27.7 Å². The summed E-state index contributed by atoms with van der Waals surface area (Å²) >= 11 is 0. The molecule has 11 heteroatoms. The van der Waals surface area contributed by atoms with Crippen molar-refractivity contribution in [1.82, 2.24) is 14.5 Å². The molecule has 1 aromatic carbocycles. The van der Waals surface area contributed by atoms with Gasteiger partial charge in [0.25, 0.3) is 0 Å². The monoisotopic (exact) mass is 556 g/mol. The molecule has 0 aromatic heterocycles. The highest BCUT2D eigenvalue weighted by Crippen LogP contribution is 2.14. The SMILES string of the molecule is Cc1ccc(S(=O)(=O)NCCCN(CCCCN(CCCN)C(=O)OC(C)(C)C)C(=O)OC(C)(C)C)cc1. The van der Waals surface area contributed by atoms with Crippen LogP contribution >= 0.6 is 0 Å². The molecule has 0 fully saturated rings. The third-order valence-corrected chi connectivity index (χ3v) is 6.75. The van der Waals surface area contributed by atoms with E-state index in [0.29, 0.717) is 58.4 Å². The molecule has 0 atom stereocenters. The van der Waals surface area contributed by atoms with Gasteiger partial charge in [-0.05, 0) is 92.8 Å². The van der Waals surface area contributed by atoms with Gasteiger partial charge in [-0.25, -0.2) is 22.7 Å². The second-order valence-electron chi connectivity index (χ2n) is 11.3. The lowest BCUT2D eigenvalue weighted by atomic mass is 10.2.